The fourth-order valence-corrected chi connectivity index (χ4v) is 3.85. The van der Waals surface area contributed by atoms with Gasteiger partial charge in [0.2, 0.25) is 10.0 Å². The van der Waals surface area contributed by atoms with Gasteiger partial charge >= 0.3 is 0 Å². The zero-order valence-electron chi connectivity index (χ0n) is 15.3. The van der Waals surface area contributed by atoms with Gasteiger partial charge in [-0.1, -0.05) is 0 Å². The molecule has 152 valence electrons. The fourth-order valence-electron chi connectivity index (χ4n) is 2.73. The van der Waals surface area contributed by atoms with Gasteiger partial charge in [0, 0.05) is 32.2 Å². The number of aromatic nitrogens is 2. The molecule has 2 heterocycles. The predicted molar refractivity (Wildman–Crippen MR) is 99.8 cm³/mol. The van der Waals surface area contributed by atoms with Crippen LogP contribution in [0, 0.1) is 18.6 Å². The van der Waals surface area contributed by atoms with Crippen molar-refractivity contribution < 1.29 is 21.9 Å². The average Bonchev–Trinajstić information content (AvgIpc) is 2.67. The van der Waals surface area contributed by atoms with E-state index in [0.29, 0.717) is 30.9 Å². The minimum absolute atomic E-state index is 0.0335. The van der Waals surface area contributed by atoms with Gasteiger partial charge in [-0.25, -0.2) is 31.9 Å². The number of nitrogens with zero attached hydrogens (tertiary/aromatic N) is 3. The Hall–Kier alpha value is -2.37. The van der Waals surface area contributed by atoms with E-state index >= 15 is 0 Å². The van der Waals surface area contributed by atoms with Crippen LogP contribution in [-0.2, 0) is 14.8 Å². The zero-order chi connectivity index (χ0) is 20.1. The van der Waals surface area contributed by atoms with E-state index in [4.69, 9.17) is 4.74 Å². The van der Waals surface area contributed by atoms with Crippen LogP contribution >= 0.6 is 0 Å². The highest BCUT2D eigenvalue weighted by molar-refractivity contribution is 7.89. The molecule has 11 heteroatoms. The third-order valence-corrected chi connectivity index (χ3v) is 5.54. The summed E-state index contributed by atoms with van der Waals surface area (Å²) in [6.07, 6.45) is 0. The number of halogens is 2. The van der Waals surface area contributed by atoms with Crippen LogP contribution in [0.25, 0.3) is 0 Å². The topological polar surface area (TPSA) is 96.5 Å². The molecule has 0 spiro atoms. The van der Waals surface area contributed by atoms with Crippen LogP contribution in [0.2, 0.25) is 0 Å². The van der Waals surface area contributed by atoms with E-state index in [9.17, 15) is 17.2 Å². The van der Waals surface area contributed by atoms with E-state index in [2.05, 4.69) is 24.9 Å². The highest BCUT2D eigenvalue weighted by Crippen LogP contribution is 2.17. The molecule has 0 radical (unpaired) electrons. The highest BCUT2D eigenvalue weighted by Gasteiger charge is 2.19. The largest absolute Gasteiger partial charge is 0.378 e. The lowest BCUT2D eigenvalue weighted by Gasteiger charge is -2.28. The molecule has 2 N–H and O–H groups in total. The molecule has 8 nitrogen and oxygen atoms in total. The second kappa shape index (κ2) is 8.76. The van der Waals surface area contributed by atoms with Gasteiger partial charge in [-0.2, -0.15) is 0 Å². The number of rotatable bonds is 7. The molecule has 0 atom stereocenters. The molecule has 1 fully saturated rings. The van der Waals surface area contributed by atoms with Crippen LogP contribution in [-0.4, -0.2) is 57.8 Å². The highest BCUT2D eigenvalue weighted by atomic mass is 32.2. The fraction of sp³-hybridized carbons (Fsp3) is 0.412. The second-order valence-corrected chi connectivity index (χ2v) is 7.89. The Balaban J connectivity index is 1.59. The monoisotopic (exact) mass is 413 g/mol. The van der Waals surface area contributed by atoms with E-state index in [1.807, 2.05) is 0 Å². The average molecular weight is 413 g/mol. The quantitative estimate of drug-likeness (QED) is 0.661. The van der Waals surface area contributed by atoms with Crippen molar-refractivity contribution in [3.63, 3.8) is 0 Å². The summed E-state index contributed by atoms with van der Waals surface area (Å²) in [6, 6.07) is 4.06. The standard InChI is InChI=1S/C17H21F2N5O3S/c1-12-22-16(11-17(23-12)24-6-8-27-9-7-24)20-4-5-21-28(25,26)15-10-13(18)2-3-14(15)19/h2-3,10-11,21H,4-9H2,1H3,(H,20,22,23). The normalized spacial score (nSPS) is 14.9. The summed E-state index contributed by atoms with van der Waals surface area (Å²) in [6.45, 7) is 4.66. The Morgan fingerprint density at radius 3 is 2.64 bits per heavy atom. The maximum Gasteiger partial charge on any atom is 0.243 e. The van der Waals surface area contributed by atoms with Crippen molar-refractivity contribution in [3.05, 3.63) is 41.7 Å². The van der Waals surface area contributed by atoms with Gasteiger partial charge in [-0.3, -0.25) is 0 Å². The number of benzene rings is 1. The molecule has 1 aliphatic heterocycles. The van der Waals surface area contributed by atoms with Gasteiger partial charge in [-0.05, 0) is 25.1 Å². The van der Waals surface area contributed by atoms with Crippen LogP contribution in [0.1, 0.15) is 5.82 Å². The van der Waals surface area contributed by atoms with Gasteiger partial charge < -0.3 is 15.0 Å². The van der Waals surface area contributed by atoms with Crippen LogP contribution in [0.3, 0.4) is 0 Å². The molecule has 1 saturated heterocycles. The van der Waals surface area contributed by atoms with Crippen LogP contribution in [0.4, 0.5) is 20.4 Å². The van der Waals surface area contributed by atoms with Crippen molar-refractivity contribution in [1.29, 1.82) is 0 Å². The summed E-state index contributed by atoms with van der Waals surface area (Å²) >= 11 is 0. The van der Waals surface area contributed by atoms with Crippen molar-refractivity contribution in [2.75, 3.05) is 49.6 Å². The zero-order valence-corrected chi connectivity index (χ0v) is 16.1. The summed E-state index contributed by atoms with van der Waals surface area (Å²) in [5.41, 5.74) is 0. The number of nitrogens with one attached hydrogen (secondary N) is 2. The molecule has 0 amide bonds. The number of ether oxygens (including phenoxy) is 1. The summed E-state index contributed by atoms with van der Waals surface area (Å²) in [7, 11) is -4.16. The number of hydrogen-bond donors (Lipinski definition) is 2. The molecule has 0 unspecified atom stereocenters. The van der Waals surface area contributed by atoms with Crippen molar-refractivity contribution in [1.82, 2.24) is 14.7 Å². The smallest absolute Gasteiger partial charge is 0.243 e. The van der Waals surface area contributed by atoms with Gasteiger partial charge in [0.25, 0.3) is 0 Å². The molecular formula is C17H21F2N5O3S. The number of sulfonamides is 1. The Labute approximate surface area is 162 Å². The molecule has 0 aliphatic carbocycles. The third-order valence-electron chi connectivity index (χ3n) is 4.07. The molecule has 3 rings (SSSR count). The Morgan fingerprint density at radius 2 is 1.89 bits per heavy atom. The first-order valence-electron chi connectivity index (χ1n) is 8.72. The SMILES string of the molecule is Cc1nc(NCCNS(=O)(=O)c2cc(F)ccc2F)cc(N2CCOCC2)n1. The lowest BCUT2D eigenvalue weighted by atomic mass is 10.3. The second-order valence-electron chi connectivity index (χ2n) is 6.16. The summed E-state index contributed by atoms with van der Waals surface area (Å²) < 4.78 is 58.7. The Bertz CT molecular complexity index is 936. The van der Waals surface area contributed by atoms with Crippen molar-refractivity contribution in [2.45, 2.75) is 11.8 Å². The van der Waals surface area contributed by atoms with E-state index in [-0.39, 0.29) is 13.1 Å². The summed E-state index contributed by atoms with van der Waals surface area (Å²) in [5.74, 6) is 0.0511. The predicted octanol–water partition coefficient (Wildman–Crippen LogP) is 1.29. The molecule has 0 bridgehead atoms. The van der Waals surface area contributed by atoms with E-state index in [0.717, 1.165) is 31.0 Å². The molecule has 1 aliphatic rings. The molecule has 2 aromatic rings. The number of aryl methyl sites for hydroxylation is 1. The third kappa shape index (κ3) is 5.12. The molecule has 1 aromatic carbocycles. The van der Waals surface area contributed by atoms with Gasteiger partial charge in [-0.15, -0.1) is 0 Å². The van der Waals surface area contributed by atoms with Crippen molar-refractivity contribution in [2.24, 2.45) is 0 Å². The summed E-state index contributed by atoms with van der Waals surface area (Å²) in [4.78, 5) is 10.1. The number of anilines is 2. The van der Waals surface area contributed by atoms with E-state index in [1.165, 1.54) is 0 Å². The van der Waals surface area contributed by atoms with Gasteiger partial charge in [0.15, 0.2) is 0 Å². The molecular weight excluding hydrogens is 392 g/mol. The van der Waals surface area contributed by atoms with E-state index < -0.39 is 26.6 Å². The van der Waals surface area contributed by atoms with Gasteiger partial charge in [0.1, 0.15) is 34.0 Å². The van der Waals surface area contributed by atoms with Crippen LogP contribution in [0.5, 0.6) is 0 Å². The minimum atomic E-state index is -4.16. The molecule has 28 heavy (non-hydrogen) atoms. The minimum Gasteiger partial charge on any atom is -0.378 e. The van der Waals surface area contributed by atoms with Crippen molar-refractivity contribution >= 4 is 21.7 Å². The Morgan fingerprint density at radius 1 is 1.14 bits per heavy atom. The first kappa shape index (κ1) is 20.4. The molecule has 1 aromatic heterocycles. The number of hydrogen-bond acceptors (Lipinski definition) is 7. The van der Waals surface area contributed by atoms with Gasteiger partial charge in [0.05, 0.1) is 13.2 Å². The lowest BCUT2D eigenvalue weighted by Crippen LogP contribution is -2.37. The van der Waals surface area contributed by atoms with E-state index in [1.54, 1.807) is 13.0 Å². The van der Waals surface area contributed by atoms with Crippen LogP contribution < -0.4 is 14.9 Å². The number of morpholine rings is 1. The van der Waals surface area contributed by atoms with Crippen molar-refractivity contribution in [3.8, 4) is 0 Å². The first-order valence-corrected chi connectivity index (χ1v) is 10.2. The first-order chi connectivity index (χ1) is 13.3. The summed E-state index contributed by atoms with van der Waals surface area (Å²) in [5, 5.41) is 3.01. The maximum absolute atomic E-state index is 13.7. The Kier molecular flexibility index (Phi) is 6.37. The molecule has 0 saturated carbocycles. The maximum atomic E-state index is 13.7. The lowest BCUT2D eigenvalue weighted by molar-refractivity contribution is 0.122. The van der Waals surface area contributed by atoms with Crippen LogP contribution in [0.15, 0.2) is 29.2 Å².